The van der Waals surface area contributed by atoms with Gasteiger partial charge in [0.1, 0.15) is 5.60 Å². The zero-order valence-corrected chi connectivity index (χ0v) is 9.31. The monoisotopic (exact) mass is 203 g/mol. The molecule has 1 aliphatic carbocycles. The summed E-state index contributed by atoms with van der Waals surface area (Å²) in [7, 11) is 0. The maximum Gasteiger partial charge on any atom is 0.171 e. The summed E-state index contributed by atoms with van der Waals surface area (Å²) >= 11 is 0. The average molecular weight is 203 g/mol. The molecule has 2 rings (SSSR count). The second-order valence-corrected chi connectivity index (χ2v) is 4.33. The molecule has 0 unspecified atom stereocenters. The van der Waals surface area contributed by atoms with Crippen molar-refractivity contribution in [1.82, 2.24) is 0 Å². The van der Waals surface area contributed by atoms with E-state index in [4.69, 9.17) is 4.74 Å². The number of rotatable bonds is 4. The lowest BCUT2D eigenvalue weighted by molar-refractivity contribution is 0.177. The SMILES string of the molecule is CC(C)N=COC1(c2ccccc2)CC1. The van der Waals surface area contributed by atoms with Crippen LogP contribution in [0.2, 0.25) is 0 Å². The first-order chi connectivity index (χ1) is 7.23. The second kappa shape index (κ2) is 4.05. The molecule has 1 saturated carbocycles. The Morgan fingerprint density at radius 2 is 1.93 bits per heavy atom. The Kier molecular flexibility index (Phi) is 2.76. The molecule has 0 saturated heterocycles. The van der Waals surface area contributed by atoms with Crippen molar-refractivity contribution in [3.05, 3.63) is 35.9 Å². The minimum absolute atomic E-state index is 0.0698. The standard InChI is InChI=1S/C13H17NO/c1-11(2)14-10-15-13(8-9-13)12-6-4-3-5-7-12/h3-7,10-11H,8-9H2,1-2H3. The summed E-state index contributed by atoms with van der Waals surface area (Å²) in [5.41, 5.74) is 1.19. The first-order valence-corrected chi connectivity index (χ1v) is 5.48. The molecule has 1 aromatic rings. The van der Waals surface area contributed by atoms with Crippen molar-refractivity contribution >= 4 is 6.40 Å². The Hall–Kier alpha value is -1.31. The summed E-state index contributed by atoms with van der Waals surface area (Å²) in [6.07, 6.45) is 3.81. The molecule has 0 atom stereocenters. The van der Waals surface area contributed by atoms with Gasteiger partial charge in [0.05, 0.1) is 0 Å². The van der Waals surface area contributed by atoms with E-state index < -0.39 is 0 Å². The Morgan fingerprint density at radius 3 is 2.47 bits per heavy atom. The number of hydrogen-bond donors (Lipinski definition) is 0. The van der Waals surface area contributed by atoms with Gasteiger partial charge < -0.3 is 4.74 Å². The van der Waals surface area contributed by atoms with Crippen LogP contribution in [0.5, 0.6) is 0 Å². The number of aliphatic imine (C=N–C) groups is 1. The van der Waals surface area contributed by atoms with Crippen molar-refractivity contribution in [1.29, 1.82) is 0 Å². The fraction of sp³-hybridized carbons (Fsp3) is 0.462. The Labute approximate surface area is 91.0 Å². The fourth-order valence-electron chi connectivity index (χ4n) is 1.58. The highest BCUT2D eigenvalue weighted by Gasteiger charge is 2.46. The van der Waals surface area contributed by atoms with Crippen molar-refractivity contribution in [3.63, 3.8) is 0 Å². The Bertz CT molecular complexity index is 339. The molecule has 0 bridgehead atoms. The van der Waals surface area contributed by atoms with Crippen LogP contribution in [0.15, 0.2) is 35.3 Å². The van der Waals surface area contributed by atoms with Gasteiger partial charge in [-0.1, -0.05) is 30.3 Å². The lowest BCUT2D eigenvalue weighted by atomic mass is 10.1. The van der Waals surface area contributed by atoms with Crippen LogP contribution in [0.3, 0.4) is 0 Å². The summed E-state index contributed by atoms with van der Waals surface area (Å²) in [4.78, 5) is 4.23. The third kappa shape index (κ3) is 2.38. The van der Waals surface area contributed by atoms with Crippen LogP contribution >= 0.6 is 0 Å². The molecule has 0 aromatic heterocycles. The van der Waals surface area contributed by atoms with Crippen LogP contribution in [-0.4, -0.2) is 12.4 Å². The zero-order valence-electron chi connectivity index (χ0n) is 9.31. The van der Waals surface area contributed by atoms with Crippen LogP contribution in [0.4, 0.5) is 0 Å². The van der Waals surface area contributed by atoms with Gasteiger partial charge in [-0.2, -0.15) is 0 Å². The quantitative estimate of drug-likeness (QED) is 0.544. The number of benzene rings is 1. The average Bonchev–Trinajstić information content (AvgIpc) is 3.00. The Morgan fingerprint density at radius 1 is 1.27 bits per heavy atom. The van der Waals surface area contributed by atoms with Gasteiger partial charge in [0.25, 0.3) is 0 Å². The highest BCUT2D eigenvalue weighted by Crippen LogP contribution is 2.48. The van der Waals surface area contributed by atoms with E-state index in [0.29, 0.717) is 6.04 Å². The smallest absolute Gasteiger partial charge is 0.171 e. The topological polar surface area (TPSA) is 21.6 Å². The van der Waals surface area contributed by atoms with Gasteiger partial charge in [0.15, 0.2) is 6.40 Å². The van der Waals surface area contributed by atoms with Crippen LogP contribution < -0.4 is 0 Å². The molecule has 2 nitrogen and oxygen atoms in total. The molecule has 0 amide bonds. The highest BCUT2D eigenvalue weighted by molar-refractivity contribution is 5.49. The summed E-state index contributed by atoms with van der Waals surface area (Å²) in [5, 5.41) is 0. The lowest BCUT2D eigenvalue weighted by Gasteiger charge is -2.14. The molecule has 1 fully saturated rings. The van der Waals surface area contributed by atoms with E-state index >= 15 is 0 Å². The van der Waals surface area contributed by atoms with Crippen molar-refractivity contribution in [2.24, 2.45) is 4.99 Å². The first kappa shape index (κ1) is 10.2. The van der Waals surface area contributed by atoms with Crippen molar-refractivity contribution in [3.8, 4) is 0 Å². The molecule has 1 aromatic carbocycles. The predicted octanol–water partition coefficient (Wildman–Crippen LogP) is 3.13. The van der Waals surface area contributed by atoms with Crippen LogP contribution in [-0.2, 0) is 10.3 Å². The van der Waals surface area contributed by atoms with Gasteiger partial charge in [-0.25, -0.2) is 0 Å². The van der Waals surface area contributed by atoms with Crippen LogP contribution in [0, 0.1) is 0 Å². The second-order valence-electron chi connectivity index (χ2n) is 4.33. The fourth-order valence-corrected chi connectivity index (χ4v) is 1.58. The van der Waals surface area contributed by atoms with E-state index in [1.165, 1.54) is 5.56 Å². The van der Waals surface area contributed by atoms with Gasteiger partial charge >= 0.3 is 0 Å². The van der Waals surface area contributed by atoms with Gasteiger partial charge in [-0.05, 0) is 32.3 Å². The van der Waals surface area contributed by atoms with Gasteiger partial charge in [-0.3, -0.25) is 4.99 Å². The first-order valence-electron chi connectivity index (χ1n) is 5.48. The summed E-state index contributed by atoms with van der Waals surface area (Å²) < 4.78 is 5.75. The molecule has 0 spiro atoms. The zero-order chi connectivity index (χ0) is 10.7. The van der Waals surface area contributed by atoms with E-state index in [1.807, 2.05) is 19.9 Å². The van der Waals surface area contributed by atoms with Crippen molar-refractivity contribution < 1.29 is 4.74 Å². The normalized spacial score (nSPS) is 18.3. The minimum Gasteiger partial charge on any atom is -0.472 e. The molecule has 1 aliphatic rings. The predicted molar refractivity (Wildman–Crippen MR) is 62.1 cm³/mol. The molecule has 80 valence electrons. The number of nitrogens with zero attached hydrogens (tertiary/aromatic N) is 1. The third-order valence-electron chi connectivity index (χ3n) is 2.64. The van der Waals surface area contributed by atoms with Crippen LogP contribution in [0.25, 0.3) is 0 Å². The van der Waals surface area contributed by atoms with E-state index in [0.717, 1.165) is 12.8 Å². The molecule has 0 N–H and O–H groups in total. The third-order valence-corrected chi connectivity index (χ3v) is 2.64. The molecular formula is C13H17NO. The number of hydrogen-bond acceptors (Lipinski definition) is 2. The molecule has 0 radical (unpaired) electrons. The number of ether oxygens (including phenoxy) is 1. The lowest BCUT2D eigenvalue weighted by Crippen LogP contribution is -2.11. The van der Waals surface area contributed by atoms with Crippen molar-refractivity contribution in [2.45, 2.75) is 38.3 Å². The summed E-state index contributed by atoms with van der Waals surface area (Å²) in [5.74, 6) is 0. The van der Waals surface area contributed by atoms with E-state index in [1.54, 1.807) is 6.40 Å². The van der Waals surface area contributed by atoms with E-state index in [2.05, 4.69) is 29.3 Å². The molecule has 2 heteroatoms. The molecule has 0 heterocycles. The minimum atomic E-state index is -0.0698. The molecule has 0 aliphatic heterocycles. The van der Waals surface area contributed by atoms with E-state index in [9.17, 15) is 0 Å². The van der Waals surface area contributed by atoms with Gasteiger partial charge in [-0.15, -0.1) is 0 Å². The van der Waals surface area contributed by atoms with Crippen molar-refractivity contribution in [2.75, 3.05) is 0 Å². The Balaban J connectivity index is 2.03. The maximum absolute atomic E-state index is 5.75. The summed E-state index contributed by atoms with van der Waals surface area (Å²) in [6.45, 7) is 4.09. The largest absolute Gasteiger partial charge is 0.472 e. The highest BCUT2D eigenvalue weighted by atomic mass is 16.5. The maximum atomic E-state index is 5.75. The molecular weight excluding hydrogens is 186 g/mol. The van der Waals surface area contributed by atoms with Gasteiger partial charge in [0, 0.05) is 6.04 Å². The summed E-state index contributed by atoms with van der Waals surface area (Å²) in [6, 6.07) is 10.7. The van der Waals surface area contributed by atoms with E-state index in [-0.39, 0.29) is 5.60 Å². The van der Waals surface area contributed by atoms with Crippen LogP contribution in [0.1, 0.15) is 32.3 Å². The van der Waals surface area contributed by atoms with Gasteiger partial charge in [0.2, 0.25) is 0 Å². The molecule has 15 heavy (non-hydrogen) atoms.